The molecule has 0 aliphatic heterocycles. The predicted molar refractivity (Wildman–Crippen MR) is 90.3 cm³/mol. The molecule has 2 rings (SSSR count). The first kappa shape index (κ1) is 17.1. The average Bonchev–Trinajstić information content (AvgIpc) is 2.77. The highest BCUT2D eigenvalue weighted by Gasteiger charge is 2.17. The Morgan fingerprint density at radius 3 is 2.35 bits per heavy atom. The molecule has 0 saturated heterocycles. The highest BCUT2D eigenvalue weighted by Crippen LogP contribution is 2.18. The summed E-state index contributed by atoms with van der Waals surface area (Å²) in [5.74, 6) is 0.754. The maximum atomic E-state index is 12.4. The van der Waals surface area contributed by atoms with E-state index in [2.05, 4.69) is 42.5 Å². The van der Waals surface area contributed by atoms with Crippen LogP contribution in [0.15, 0.2) is 22.7 Å². The number of hydrogen-bond acceptors (Lipinski definition) is 3. The van der Waals surface area contributed by atoms with Crippen molar-refractivity contribution in [3.05, 3.63) is 51.9 Å². The third-order valence-corrected chi connectivity index (χ3v) is 4.01. The van der Waals surface area contributed by atoms with Crippen molar-refractivity contribution < 1.29 is 9.32 Å². The highest BCUT2D eigenvalue weighted by atomic mass is 16.5. The minimum Gasteiger partial charge on any atom is -0.361 e. The van der Waals surface area contributed by atoms with Gasteiger partial charge in [-0.2, -0.15) is 0 Å². The van der Waals surface area contributed by atoms with Crippen LogP contribution in [0.2, 0.25) is 0 Å². The van der Waals surface area contributed by atoms with Gasteiger partial charge in [-0.1, -0.05) is 34.5 Å². The van der Waals surface area contributed by atoms with Gasteiger partial charge in [0.2, 0.25) is 0 Å². The van der Waals surface area contributed by atoms with Crippen molar-refractivity contribution in [2.75, 3.05) is 7.05 Å². The van der Waals surface area contributed by atoms with Crippen LogP contribution >= 0.6 is 0 Å². The normalized spacial score (nSPS) is 12.1. The molecule has 0 bridgehead atoms. The fraction of sp³-hybridized carbons (Fsp3) is 0.444. The van der Waals surface area contributed by atoms with E-state index in [0.29, 0.717) is 6.54 Å². The second kappa shape index (κ2) is 6.86. The molecule has 0 aliphatic carbocycles. The van der Waals surface area contributed by atoms with E-state index in [1.54, 1.807) is 11.9 Å². The first-order valence-corrected chi connectivity index (χ1v) is 7.79. The summed E-state index contributed by atoms with van der Waals surface area (Å²) < 4.78 is 5.14. The quantitative estimate of drug-likeness (QED) is 0.933. The molecule has 5 heteroatoms. The first-order valence-electron chi connectivity index (χ1n) is 7.79. The summed E-state index contributed by atoms with van der Waals surface area (Å²) in [6.07, 6.45) is 0. The molecule has 0 fully saturated rings. The Morgan fingerprint density at radius 1 is 1.22 bits per heavy atom. The SMILES string of the molecule is Cc1cc(C)cc([C@H](C)NC(=O)N(C)Cc2c(C)noc2C)c1. The second-order valence-electron chi connectivity index (χ2n) is 6.25. The molecule has 2 amide bonds. The van der Waals surface area contributed by atoms with Crippen LogP contribution in [0, 0.1) is 27.7 Å². The molecule has 0 saturated carbocycles. The molecule has 0 aliphatic rings. The summed E-state index contributed by atoms with van der Waals surface area (Å²) in [7, 11) is 1.77. The molecule has 1 aromatic carbocycles. The zero-order valence-electron chi connectivity index (χ0n) is 14.7. The summed E-state index contributed by atoms with van der Waals surface area (Å²) in [5.41, 5.74) is 5.29. The molecule has 2 aromatic rings. The van der Waals surface area contributed by atoms with Gasteiger partial charge in [0, 0.05) is 12.6 Å². The van der Waals surface area contributed by atoms with Crippen LogP contribution in [0.5, 0.6) is 0 Å². The fourth-order valence-corrected chi connectivity index (χ4v) is 2.68. The van der Waals surface area contributed by atoms with Crippen LogP contribution in [-0.4, -0.2) is 23.1 Å². The van der Waals surface area contributed by atoms with Crippen molar-refractivity contribution >= 4 is 6.03 Å². The maximum absolute atomic E-state index is 12.4. The summed E-state index contributed by atoms with van der Waals surface area (Å²) >= 11 is 0. The van der Waals surface area contributed by atoms with E-state index >= 15 is 0 Å². The number of amides is 2. The van der Waals surface area contributed by atoms with E-state index < -0.39 is 0 Å². The third kappa shape index (κ3) is 4.12. The maximum Gasteiger partial charge on any atom is 0.317 e. The standard InChI is InChI=1S/C18H25N3O2/c1-11-7-12(2)9-16(8-11)13(3)19-18(22)21(6)10-17-14(4)20-23-15(17)5/h7-9,13H,10H2,1-6H3,(H,19,22)/t13-/m0/s1. The van der Waals surface area contributed by atoms with Crippen LogP contribution in [0.25, 0.3) is 0 Å². The molecular formula is C18H25N3O2. The van der Waals surface area contributed by atoms with Gasteiger partial charge in [-0.05, 0) is 40.2 Å². The molecule has 1 heterocycles. The predicted octanol–water partition coefficient (Wildman–Crippen LogP) is 3.81. The lowest BCUT2D eigenvalue weighted by atomic mass is 10.0. The fourth-order valence-electron chi connectivity index (χ4n) is 2.68. The number of urea groups is 1. The van der Waals surface area contributed by atoms with Crippen molar-refractivity contribution in [1.82, 2.24) is 15.4 Å². The van der Waals surface area contributed by atoms with E-state index in [1.807, 2.05) is 20.8 Å². The molecular weight excluding hydrogens is 290 g/mol. The Kier molecular flexibility index (Phi) is 5.08. The number of benzene rings is 1. The second-order valence-corrected chi connectivity index (χ2v) is 6.25. The smallest absolute Gasteiger partial charge is 0.317 e. The molecule has 1 atom stereocenters. The van der Waals surface area contributed by atoms with Crippen molar-refractivity contribution in [3.63, 3.8) is 0 Å². The van der Waals surface area contributed by atoms with Crippen molar-refractivity contribution in [2.45, 2.75) is 47.2 Å². The van der Waals surface area contributed by atoms with E-state index in [0.717, 1.165) is 22.6 Å². The number of nitrogens with zero attached hydrogens (tertiary/aromatic N) is 2. The number of rotatable bonds is 4. The zero-order chi connectivity index (χ0) is 17.1. The molecule has 0 radical (unpaired) electrons. The van der Waals surface area contributed by atoms with Crippen molar-refractivity contribution in [3.8, 4) is 0 Å². The Bertz CT molecular complexity index is 667. The Labute approximate surface area is 137 Å². The van der Waals surface area contributed by atoms with Gasteiger partial charge in [0.1, 0.15) is 5.76 Å². The summed E-state index contributed by atoms with van der Waals surface area (Å²) in [4.78, 5) is 14.1. The monoisotopic (exact) mass is 315 g/mol. The lowest BCUT2D eigenvalue weighted by molar-refractivity contribution is 0.203. The summed E-state index contributed by atoms with van der Waals surface area (Å²) in [6.45, 7) is 10.3. The van der Waals surface area contributed by atoms with Gasteiger partial charge in [0.15, 0.2) is 0 Å². The van der Waals surface area contributed by atoms with Crippen LogP contribution in [-0.2, 0) is 6.54 Å². The van der Waals surface area contributed by atoms with Crippen molar-refractivity contribution in [1.29, 1.82) is 0 Å². The highest BCUT2D eigenvalue weighted by molar-refractivity contribution is 5.74. The molecule has 124 valence electrons. The van der Waals surface area contributed by atoms with Gasteiger partial charge in [-0.15, -0.1) is 0 Å². The molecule has 0 unspecified atom stereocenters. The average molecular weight is 315 g/mol. The number of aryl methyl sites for hydroxylation is 4. The van der Waals surface area contributed by atoms with Gasteiger partial charge in [0.25, 0.3) is 0 Å². The Balaban J connectivity index is 2.03. The number of nitrogens with one attached hydrogen (secondary N) is 1. The van der Waals surface area contributed by atoms with Crippen LogP contribution in [0.1, 0.15) is 46.7 Å². The van der Waals surface area contributed by atoms with E-state index in [9.17, 15) is 4.79 Å². The van der Waals surface area contributed by atoms with Crippen molar-refractivity contribution in [2.24, 2.45) is 0 Å². The summed E-state index contributed by atoms with van der Waals surface area (Å²) in [5, 5.41) is 6.96. The van der Waals surface area contributed by atoms with Crippen LogP contribution < -0.4 is 5.32 Å². The third-order valence-electron chi connectivity index (χ3n) is 4.01. The Morgan fingerprint density at radius 2 is 1.83 bits per heavy atom. The molecule has 1 N–H and O–H groups in total. The van der Waals surface area contributed by atoms with E-state index in [4.69, 9.17) is 4.52 Å². The minimum atomic E-state index is -0.114. The van der Waals surface area contributed by atoms with Gasteiger partial charge < -0.3 is 14.7 Å². The lowest BCUT2D eigenvalue weighted by Crippen LogP contribution is -2.38. The van der Waals surface area contributed by atoms with Gasteiger partial charge in [-0.25, -0.2) is 4.79 Å². The topological polar surface area (TPSA) is 58.4 Å². The number of carbonyl (C=O) groups excluding carboxylic acids is 1. The molecule has 5 nitrogen and oxygen atoms in total. The van der Waals surface area contributed by atoms with Gasteiger partial charge in [0.05, 0.1) is 18.3 Å². The van der Waals surface area contributed by atoms with Crippen LogP contribution in [0.4, 0.5) is 4.79 Å². The zero-order valence-corrected chi connectivity index (χ0v) is 14.7. The molecule has 1 aromatic heterocycles. The molecule has 0 spiro atoms. The van der Waals surface area contributed by atoms with Gasteiger partial charge >= 0.3 is 6.03 Å². The summed E-state index contributed by atoms with van der Waals surface area (Å²) in [6, 6.07) is 6.17. The largest absolute Gasteiger partial charge is 0.361 e. The number of hydrogen-bond donors (Lipinski definition) is 1. The number of carbonyl (C=O) groups is 1. The molecule has 23 heavy (non-hydrogen) atoms. The van der Waals surface area contributed by atoms with Gasteiger partial charge in [-0.3, -0.25) is 0 Å². The van der Waals surface area contributed by atoms with Crippen LogP contribution in [0.3, 0.4) is 0 Å². The van der Waals surface area contributed by atoms with E-state index in [1.165, 1.54) is 11.1 Å². The number of aromatic nitrogens is 1. The lowest BCUT2D eigenvalue weighted by Gasteiger charge is -2.22. The first-order chi connectivity index (χ1) is 10.8. The minimum absolute atomic E-state index is 0.0479. The van der Waals surface area contributed by atoms with E-state index in [-0.39, 0.29) is 12.1 Å². The Hall–Kier alpha value is -2.30.